The third-order valence-corrected chi connectivity index (χ3v) is 8.88. The van der Waals surface area contributed by atoms with E-state index in [9.17, 15) is 13.9 Å². The topological polar surface area (TPSA) is 20.2 Å². The summed E-state index contributed by atoms with van der Waals surface area (Å²) in [6, 6.07) is 0. The molecule has 3 heteroatoms. The molecule has 5 aliphatic carbocycles. The average molecular weight is 322 g/mol. The smallest absolute Gasteiger partial charge is 0.258 e. The number of alkyl halides is 2. The Kier molecular flexibility index (Phi) is 2.72. The SMILES string of the molecule is C[C@]12CC[C@H]3[C@@H]([C@H]4[C@@H](C5=CCCC[C@@]53C)C4(F)F)[C@@H]1CC[C@@H]2O. The summed E-state index contributed by atoms with van der Waals surface area (Å²) in [5.74, 6) is -2.56. The van der Waals surface area contributed by atoms with Crippen LogP contribution in [0, 0.1) is 40.4 Å². The summed E-state index contributed by atoms with van der Waals surface area (Å²) < 4.78 is 29.6. The van der Waals surface area contributed by atoms with Crippen LogP contribution in [0.15, 0.2) is 11.6 Å². The molecular weight excluding hydrogens is 294 g/mol. The summed E-state index contributed by atoms with van der Waals surface area (Å²) in [5.41, 5.74) is 0.998. The Morgan fingerprint density at radius 2 is 1.87 bits per heavy atom. The van der Waals surface area contributed by atoms with E-state index in [1.165, 1.54) is 0 Å². The summed E-state index contributed by atoms with van der Waals surface area (Å²) >= 11 is 0. The van der Waals surface area contributed by atoms with Crippen molar-refractivity contribution in [2.45, 2.75) is 70.8 Å². The third-order valence-electron chi connectivity index (χ3n) is 8.88. The summed E-state index contributed by atoms with van der Waals surface area (Å²) in [6.07, 6.45) is 8.93. The van der Waals surface area contributed by atoms with Crippen LogP contribution in [0.4, 0.5) is 8.78 Å². The average Bonchev–Trinajstić information content (AvgIpc) is 2.93. The van der Waals surface area contributed by atoms with Crippen molar-refractivity contribution >= 4 is 0 Å². The Labute approximate surface area is 137 Å². The molecule has 0 radical (unpaired) electrons. The van der Waals surface area contributed by atoms with Gasteiger partial charge in [0.2, 0.25) is 0 Å². The Morgan fingerprint density at radius 3 is 2.65 bits per heavy atom. The molecule has 0 amide bonds. The summed E-state index contributed by atoms with van der Waals surface area (Å²) in [6.45, 7) is 4.46. The first-order valence-electron chi connectivity index (χ1n) is 9.58. The molecule has 0 aromatic rings. The van der Waals surface area contributed by atoms with Gasteiger partial charge >= 0.3 is 0 Å². The minimum Gasteiger partial charge on any atom is -0.393 e. The molecule has 4 fully saturated rings. The van der Waals surface area contributed by atoms with Gasteiger partial charge in [-0.3, -0.25) is 0 Å². The van der Waals surface area contributed by atoms with Gasteiger partial charge in [0.05, 0.1) is 12.0 Å². The minimum atomic E-state index is -2.49. The van der Waals surface area contributed by atoms with Crippen molar-refractivity contribution in [3.8, 4) is 0 Å². The van der Waals surface area contributed by atoms with Crippen molar-refractivity contribution in [2.75, 3.05) is 0 Å². The number of aliphatic hydroxyl groups is 1. The van der Waals surface area contributed by atoms with E-state index >= 15 is 0 Å². The van der Waals surface area contributed by atoms with Gasteiger partial charge in [-0.15, -0.1) is 0 Å². The van der Waals surface area contributed by atoms with Gasteiger partial charge in [-0.25, -0.2) is 8.78 Å². The molecule has 0 aromatic heterocycles. The van der Waals surface area contributed by atoms with Gasteiger partial charge in [0.15, 0.2) is 0 Å². The van der Waals surface area contributed by atoms with Gasteiger partial charge in [-0.1, -0.05) is 25.5 Å². The Bertz CT molecular complexity index is 584. The standard InChI is InChI=1S/C20H28F2O/c1-18-9-4-3-5-13(18)16-17(20(16,21)22)15-11-6-7-14(23)19(11,2)10-8-12(15)18/h5,11-12,14-17,23H,3-4,6-10H2,1-2H3/t11-,12-,14-,15-,16+,17-,18+,19-/m0/s1. The maximum Gasteiger partial charge on any atom is 0.258 e. The second kappa shape index (κ2) is 4.20. The fraction of sp³-hybridized carbons (Fsp3) is 0.900. The van der Waals surface area contributed by atoms with Crippen LogP contribution in [0.3, 0.4) is 0 Å². The monoisotopic (exact) mass is 322 g/mol. The Hall–Kier alpha value is -0.440. The number of fused-ring (bicyclic) bond motifs is 8. The molecular formula is C20H28F2O. The van der Waals surface area contributed by atoms with Crippen molar-refractivity contribution in [1.82, 2.24) is 0 Å². The predicted octanol–water partition coefficient (Wildman–Crippen LogP) is 4.80. The number of hydrogen-bond acceptors (Lipinski definition) is 1. The van der Waals surface area contributed by atoms with Gasteiger partial charge in [0, 0.05) is 5.92 Å². The lowest BCUT2D eigenvalue weighted by molar-refractivity contribution is -0.0849. The molecule has 0 bridgehead atoms. The highest BCUT2D eigenvalue weighted by Gasteiger charge is 2.80. The maximum absolute atomic E-state index is 14.8. The van der Waals surface area contributed by atoms with Crippen molar-refractivity contribution in [2.24, 2.45) is 40.4 Å². The van der Waals surface area contributed by atoms with Gasteiger partial charge in [0.25, 0.3) is 5.92 Å². The first kappa shape index (κ1) is 14.9. The van der Waals surface area contributed by atoms with Crippen molar-refractivity contribution in [3.63, 3.8) is 0 Å². The van der Waals surface area contributed by atoms with Gasteiger partial charge in [-0.2, -0.15) is 0 Å². The predicted molar refractivity (Wildman–Crippen MR) is 85.0 cm³/mol. The second-order valence-electron chi connectivity index (χ2n) is 9.58. The van der Waals surface area contributed by atoms with Crippen LogP contribution in [-0.4, -0.2) is 17.1 Å². The van der Waals surface area contributed by atoms with Crippen LogP contribution < -0.4 is 0 Å². The van der Waals surface area contributed by atoms with Crippen LogP contribution in [-0.2, 0) is 0 Å². The molecule has 4 saturated carbocycles. The van der Waals surface area contributed by atoms with Gasteiger partial charge < -0.3 is 5.11 Å². The van der Waals surface area contributed by atoms with E-state index in [1.54, 1.807) is 0 Å². The molecule has 0 aliphatic heterocycles. The van der Waals surface area contributed by atoms with Crippen LogP contribution in [0.25, 0.3) is 0 Å². The first-order valence-corrected chi connectivity index (χ1v) is 9.58. The molecule has 5 aliphatic rings. The fourth-order valence-electron chi connectivity index (χ4n) is 7.63. The minimum absolute atomic E-state index is 0.00111. The van der Waals surface area contributed by atoms with E-state index in [1.807, 2.05) is 0 Å². The zero-order valence-corrected chi connectivity index (χ0v) is 14.2. The Balaban J connectivity index is 1.62. The summed E-state index contributed by atoms with van der Waals surface area (Å²) in [5, 5.41) is 10.5. The number of aliphatic hydroxyl groups excluding tert-OH is 1. The van der Waals surface area contributed by atoms with Crippen LogP contribution in [0.1, 0.15) is 58.8 Å². The highest BCUT2D eigenvalue weighted by molar-refractivity contribution is 5.38. The Morgan fingerprint density at radius 1 is 1.09 bits per heavy atom. The molecule has 0 saturated heterocycles. The first-order chi connectivity index (χ1) is 10.8. The third kappa shape index (κ3) is 1.57. The van der Waals surface area contributed by atoms with Crippen LogP contribution >= 0.6 is 0 Å². The summed E-state index contributed by atoms with van der Waals surface area (Å²) in [7, 11) is 0. The fourth-order valence-corrected chi connectivity index (χ4v) is 7.63. The second-order valence-corrected chi connectivity index (χ2v) is 9.58. The quantitative estimate of drug-likeness (QED) is 0.635. The highest BCUT2D eigenvalue weighted by Crippen LogP contribution is 2.78. The molecule has 5 rings (SSSR count). The van der Waals surface area contributed by atoms with Crippen LogP contribution in [0.5, 0.6) is 0 Å². The zero-order chi connectivity index (χ0) is 16.2. The van der Waals surface area contributed by atoms with E-state index in [2.05, 4.69) is 19.9 Å². The highest BCUT2D eigenvalue weighted by atomic mass is 19.3. The number of hydrogen-bond donors (Lipinski definition) is 1. The molecule has 8 atom stereocenters. The number of halogens is 2. The van der Waals surface area contributed by atoms with Gasteiger partial charge in [-0.05, 0) is 73.5 Å². The molecule has 0 aromatic carbocycles. The lowest BCUT2D eigenvalue weighted by Gasteiger charge is -2.57. The maximum atomic E-state index is 14.8. The molecule has 1 N–H and O–H groups in total. The molecule has 0 unspecified atom stereocenters. The van der Waals surface area contributed by atoms with E-state index in [0.29, 0.717) is 11.8 Å². The summed E-state index contributed by atoms with van der Waals surface area (Å²) in [4.78, 5) is 0. The molecule has 128 valence electrons. The lowest BCUT2D eigenvalue weighted by atomic mass is 9.47. The van der Waals surface area contributed by atoms with Gasteiger partial charge in [0.1, 0.15) is 0 Å². The zero-order valence-electron chi connectivity index (χ0n) is 14.2. The van der Waals surface area contributed by atoms with Crippen molar-refractivity contribution in [1.29, 1.82) is 0 Å². The van der Waals surface area contributed by atoms with E-state index in [4.69, 9.17) is 0 Å². The van der Waals surface area contributed by atoms with E-state index in [0.717, 1.165) is 50.5 Å². The van der Waals surface area contributed by atoms with Crippen molar-refractivity contribution < 1.29 is 13.9 Å². The molecule has 23 heavy (non-hydrogen) atoms. The molecule has 0 spiro atoms. The largest absolute Gasteiger partial charge is 0.393 e. The van der Waals surface area contributed by atoms with Crippen LogP contribution in [0.2, 0.25) is 0 Å². The number of allylic oxidation sites excluding steroid dienone is 2. The van der Waals surface area contributed by atoms with E-state index < -0.39 is 17.8 Å². The normalized spacial score (nSPS) is 59.3. The van der Waals surface area contributed by atoms with Crippen molar-refractivity contribution in [3.05, 3.63) is 11.6 Å². The lowest BCUT2D eigenvalue weighted by Crippen LogP contribution is -2.52. The molecule has 1 nitrogen and oxygen atoms in total. The van der Waals surface area contributed by atoms with E-state index in [-0.39, 0.29) is 22.9 Å². The molecule has 0 heterocycles. The number of rotatable bonds is 0.